The van der Waals surface area contributed by atoms with Gasteiger partial charge >= 0.3 is 0 Å². The standard InChI is InChI=1S/C11H14N6OS/c12-17-11-15-9(7-3-4-19-10(7)16-11)14-6-1-2-8(18)13-5-6/h3-4,6H,1-2,5,12H2,(H,13,18)(H2,14,15,16,17). The predicted molar refractivity (Wildman–Crippen MR) is 74.9 cm³/mol. The number of amides is 1. The Morgan fingerprint density at radius 2 is 2.37 bits per heavy atom. The molecule has 3 heterocycles. The largest absolute Gasteiger partial charge is 0.365 e. The van der Waals surface area contributed by atoms with Crippen LogP contribution in [0.15, 0.2) is 11.4 Å². The van der Waals surface area contributed by atoms with E-state index >= 15 is 0 Å². The third kappa shape index (κ3) is 2.45. The molecule has 7 nitrogen and oxygen atoms in total. The Morgan fingerprint density at radius 1 is 1.47 bits per heavy atom. The van der Waals surface area contributed by atoms with Crippen LogP contribution in [0.4, 0.5) is 11.8 Å². The molecule has 0 saturated carbocycles. The first-order valence-corrected chi connectivity index (χ1v) is 6.89. The average Bonchev–Trinajstić information content (AvgIpc) is 2.89. The van der Waals surface area contributed by atoms with Gasteiger partial charge in [0.25, 0.3) is 0 Å². The molecule has 2 aromatic heterocycles. The van der Waals surface area contributed by atoms with E-state index in [0.29, 0.717) is 18.9 Å². The fourth-order valence-electron chi connectivity index (χ4n) is 2.08. The lowest BCUT2D eigenvalue weighted by atomic mass is 10.1. The summed E-state index contributed by atoms with van der Waals surface area (Å²) in [5.41, 5.74) is 2.47. The van der Waals surface area contributed by atoms with Gasteiger partial charge in [0, 0.05) is 19.0 Å². The summed E-state index contributed by atoms with van der Waals surface area (Å²) in [4.78, 5) is 20.6. The van der Waals surface area contributed by atoms with Gasteiger partial charge in [-0.05, 0) is 17.9 Å². The van der Waals surface area contributed by atoms with Crippen LogP contribution in [0.1, 0.15) is 12.8 Å². The lowest BCUT2D eigenvalue weighted by molar-refractivity contribution is -0.122. The maximum atomic E-state index is 11.1. The number of nitrogen functional groups attached to an aromatic ring is 1. The number of hydrogen-bond acceptors (Lipinski definition) is 7. The number of nitrogens with one attached hydrogen (secondary N) is 3. The average molecular weight is 278 g/mol. The second-order valence-electron chi connectivity index (χ2n) is 4.36. The number of aromatic nitrogens is 2. The molecule has 0 spiro atoms. The van der Waals surface area contributed by atoms with Crippen LogP contribution in [0.2, 0.25) is 0 Å². The zero-order valence-corrected chi connectivity index (χ0v) is 11.0. The van der Waals surface area contributed by atoms with Gasteiger partial charge in [0.15, 0.2) is 0 Å². The van der Waals surface area contributed by atoms with E-state index in [0.717, 1.165) is 22.5 Å². The molecular weight excluding hydrogens is 264 g/mol. The third-order valence-electron chi connectivity index (χ3n) is 3.06. The van der Waals surface area contributed by atoms with Crippen molar-refractivity contribution in [2.24, 2.45) is 5.84 Å². The van der Waals surface area contributed by atoms with Crippen LogP contribution in [-0.4, -0.2) is 28.5 Å². The molecule has 1 amide bonds. The molecule has 0 aliphatic carbocycles. The summed E-state index contributed by atoms with van der Waals surface area (Å²) in [6.45, 7) is 0.611. The second kappa shape index (κ2) is 4.98. The Labute approximate surface area is 113 Å². The molecule has 0 aromatic carbocycles. The van der Waals surface area contributed by atoms with E-state index in [2.05, 4.69) is 26.0 Å². The lowest BCUT2D eigenvalue weighted by Gasteiger charge is -2.24. The minimum absolute atomic E-state index is 0.103. The number of thiophene rings is 1. The minimum atomic E-state index is 0.103. The number of nitrogens with two attached hydrogens (primary N) is 1. The lowest BCUT2D eigenvalue weighted by Crippen LogP contribution is -2.42. The van der Waals surface area contributed by atoms with Crippen LogP contribution >= 0.6 is 11.3 Å². The number of carbonyl (C=O) groups is 1. The van der Waals surface area contributed by atoms with Crippen molar-refractivity contribution in [1.82, 2.24) is 15.3 Å². The molecule has 19 heavy (non-hydrogen) atoms. The fourth-order valence-corrected chi connectivity index (χ4v) is 2.84. The molecule has 100 valence electrons. The summed E-state index contributed by atoms with van der Waals surface area (Å²) in [7, 11) is 0. The fraction of sp³-hybridized carbons (Fsp3) is 0.364. The molecule has 1 aliphatic heterocycles. The third-order valence-corrected chi connectivity index (χ3v) is 3.87. The molecule has 1 atom stereocenters. The number of fused-ring (bicyclic) bond motifs is 1. The normalized spacial score (nSPS) is 19.2. The number of hydrazine groups is 1. The molecule has 5 N–H and O–H groups in total. The predicted octanol–water partition coefficient (Wildman–Crippen LogP) is 0.667. The molecule has 1 saturated heterocycles. The Hall–Kier alpha value is -1.93. The topological polar surface area (TPSA) is 105 Å². The van der Waals surface area contributed by atoms with Gasteiger partial charge in [0.1, 0.15) is 10.6 Å². The van der Waals surface area contributed by atoms with Gasteiger partial charge in [-0.25, -0.2) is 10.8 Å². The smallest absolute Gasteiger partial charge is 0.240 e. The number of anilines is 2. The summed E-state index contributed by atoms with van der Waals surface area (Å²) in [5.74, 6) is 6.61. The minimum Gasteiger partial charge on any atom is -0.365 e. The van der Waals surface area contributed by atoms with Gasteiger partial charge in [0.05, 0.1) is 5.39 Å². The van der Waals surface area contributed by atoms with Crippen LogP contribution in [0.5, 0.6) is 0 Å². The molecule has 8 heteroatoms. The Bertz CT molecular complexity index is 602. The van der Waals surface area contributed by atoms with Crippen LogP contribution in [-0.2, 0) is 4.79 Å². The first kappa shape index (κ1) is 12.1. The van der Waals surface area contributed by atoms with Gasteiger partial charge < -0.3 is 10.6 Å². The summed E-state index contributed by atoms with van der Waals surface area (Å²) in [5, 5.41) is 9.13. The highest BCUT2D eigenvalue weighted by atomic mass is 32.1. The molecule has 3 rings (SSSR count). The van der Waals surface area contributed by atoms with E-state index in [1.807, 2.05) is 11.4 Å². The van der Waals surface area contributed by atoms with Crippen LogP contribution < -0.4 is 21.9 Å². The maximum Gasteiger partial charge on any atom is 0.240 e. The van der Waals surface area contributed by atoms with E-state index in [9.17, 15) is 4.79 Å². The van der Waals surface area contributed by atoms with Crippen molar-refractivity contribution in [2.45, 2.75) is 18.9 Å². The van der Waals surface area contributed by atoms with Crippen molar-refractivity contribution in [3.8, 4) is 0 Å². The van der Waals surface area contributed by atoms with Crippen molar-refractivity contribution >= 4 is 39.2 Å². The van der Waals surface area contributed by atoms with E-state index < -0.39 is 0 Å². The van der Waals surface area contributed by atoms with Crippen LogP contribution in [0, 0.1) is 0 Å². The molecular formula is C11H14N6OS. The highest BCUT2D eigenvalue weighted by molar-refractivity contribution is 7.16. The van der Waals surface area contributed by atoms with Gasteiger partial charge in [-0.2, -0.15) is 4.98 Å². The van der Waals surface area contributed by atoms with Crippen molar-refractivity contribution in [2.75, 3.05) is 17.3 Å². The molecule has 2 aromatic rings. The molecule has 1 aliphatic rings. The summed E-state index contributed by atoms with van der Waals surface area (Å²) < 4.78 is 0. The van der Waals surface area contributed by atoms with Crippen LogP contribution in [0.3, 0.4) is 0 Å². The monoisotopic (exact) mass is 278 g/mol. The first-order valence-electron chi connectivity index (χ1n) is 6.01. The van der Waals surface area contributed by atoms with Gasteiger partial charge in [-0.3, -0.25) is 10.2 Å². The van der Waals surface area contributed by atoms with Gasteiger partial charge in [-0.15, -0.1) is 11.3 Å². The maximum absolute atomic E-state index is 11.1. The SMILES string of the molecule is NNc1nc(NC2CCC(=O)NC2)c2ccsc2n1. The van der Waals surface area contributed by atoms with Crippen LogP contribution in [0.25, 0.3) is 10.2 Å². The van der Waals surface area contributed by atoms with Gasteiger partial charge in [-0.1, -0.05) is 0 Å². The zero-order valence-electron chi connectivity index (χ0n) is 10.1. The van der Waals surface area contributed by atoms with E-state index in [1.54, 1.807) is 0 Å². The highest BCUT2D eigenvalue weighted by Crippen LogP contribution is 2.27. The van der Waals surface area contributed by atoms with E-state index in [4.69, 9.17) is 5.84 Å². The molecule has 0 bridgehead atoms. The number of piperidine rings is 1. The zero-order chi connectivity index (χ0) is 13.2. The van der Waals surface area contributed by atoms with Gasteiger partial charge in [0.2, 0.25) is 11.9 Å². The highest BCUT2D eigenvalue weighted by Gasteiger charge is 2.19. The number of rotatable bonds is 3. The quantitative estimate of drug-likeness (QED) is 0.486. The first-order chi connectivity index (χ1) is 9.26. The van der Waals surface area contributed by atoms with Crippen molar-refractivity contribution in [3.05, 3.63) is 11.4 Å². The van der Waals surface area contributed by atoms with E-state index in [-0.39, 0.29) is 11.9 Å². The Kier molecular flexibility index (Phi) is 3.18. The number of nitrogens with zero attached hydrogens (tertiary/aromatic N) is 2. The number of hydrogen-bond donors (Lipinski definition) is 4. The Morgan fingerprint density at radius 3 is 3.11 bits per heavy atom. The molecule has 1 unspecified atom stereocenters. The Balaban J connectivity index is 1.87. The second-order valence-corrected chi connectivity index (χ2v) is 5.26. The molecule has 0 radical (unpaired) electrons. The summed E-state index contributed by atoms with van der Waals surface area (Å²) in [6.07, 6.45) is 1.34. The summed E-state index contributed by atoms with van der Waals surface area (Å²) in [6, 6.07) is 2.16. The van der Waals surface area contributed by atoms with Crippen molar-refractivity contribution in [3.63, 3.8) is 0 Å². The molecule has 1 fully saturated rings. The number of carbonyl (C=O) groups excluding carboxylic acids is 1. The van der Waals surface area contributed by atoms with Crippen molar-refractivity contribution < 1.29 is 4.79 Å². The van der Waals surface area contributed by atoms with Crippen molar-refractivity contribution in [1.29, 1.82) is 0 Å². The van der Waals surface area contributed by atoms with E-state index in [1.165, 1.54) is 11.3 Å². The summed E-state index contributed by atoms with van der Waals surface area (Å²) >= 11 is 1.54.